The molecule has 0 radical (unpaired) electrons. The van der Waals surface area contributed by atoms with Crippen molar-refractivity contribution >= 4 is 33.3 Å². The minimum Gasteiger partial charge on any atom is -0.361 e. The van der Waals surface area contributed by atoms with Crippen LogP contribution >= 0.6 is 11.8 Å². The number of benzene rings is 2. The van der Waals surface area contributed by atoms with Gasteiger partial charge in [-0.1, -0.05) is 49.0 Å². The lowest BCUT2D eigenvalue weighted by atomic mass is 10.1. The maximum absolute atomic E-state index is 12.6. The number of likely N-dealkylation sites (N-methyl/N-ethyl adjacent to an activating group) is 1. The van der Waals surface area contributed by atoms with E-state index in [0.29, 0.717) is 32.6 Å². The van der Waals surface area contributed by atoms with Gasteiger partial charge in [0.25, 0.3) is 10.1 Å². The van der Waals surface area contributed by atoms with Crippen molar-refractivity contribution in [1.29, 1.82) is 0 Å². The van der Waals surface area contributed by atoms with Gasteiger partial charge >= 0.3 is 0 Å². The first kappa shape index (κ1) is 22.2. The van der Waals surface area contributed by atoms with Crippen molar-refractivity contribution in [2.75, 3.05) is 31.1 Å². The Labute approximate surface area is 189 Å². The van der Waals surface area contributed by atoms with Crippen molar-refractivity contribution in [3.05, 3.63) is 60.8 Å². The van der Waals surface area contributed by atoms with Crippen LogP contribution in [0.2, 0.25) is 0 Å². The zero-order valence-electron chi connectivity index (χ0n) is 17.9. The van der Waals surface area contributed by atoms with E-state index in [1.165, 1.54) is 0 Å². The molecule has 0 fully saturated rings. The van der Waals surface area contributed by atoms with Gasteiger partial charge < -0.3 is 9.80 Å². The van der Waals surface area contributed by atoms with Crippen LogP contribution < -0.4 is 4.90 Å². The summed E-state index contributed by atoms with van der Waals surface area (Å²) in [5, 5.41) is -0.911. The fourth-order valence-corrected chi connectivity index (χ4v) is 6.65. The predicted octanol–water partition coefficient (Wildman–Crippen LogP) is 4.43. The second-order valence-electron chi connectivity index (χ2n) is 7.75. The lowest BCUT2D eigenvalue weighted by Crippen LogP contribution is -2.57. The second-order valence-corrected chi connectivity index (χ2v) is 10.5. The van der Waals surface area contributed by atoms with E-state index in [2.05, 4.69) is 34.1 Å². The minimum absolute atomic E-state index is 0.317. The van der Waals surface area contributed by atoms with E-state index in [0.717, 1.165) is 21.2 Å². The summed E-state index contributed by atoms with van der Waals surface area (Å²) >= 11 is 1.73. The molecule has 0 amide bonds. The summed E-state index contributed by atoms with van der Waals surface area (Å²) in [6.45, 7) is 6.59. The van der Waals surface area contributed by atoms with Crippen molar-refractivity contribution in [1.82, 2.24) is 9.80 Å². The molecule has 0 saturated carbocycles. The molecule has 2 aliphatic heterocycles. The van der Waals surface area contributed by atoms with E-state index in [-0.39, 0.29) is 6.17 Å². The summed E-state index contributed by atoms with van der Waals surface area (Å²) in [6.07, 6.45) is 3.92. The largest absolute Gasteiger partial charge is 0.361 e. The van der Waals surface area contributed by atoms with Gasteiger partial charge in [-0.15, -0.1) is 0 Å². The van der Waals surface area contributed by atoms with Gasteiger partial charge in [0.2, 0.25) is 0 Å². The molecule has 1 N–H and O–H groups in total. The summed E-state index contributed by atoms with van der Waals surface area (Å²) < 4.78 is 35.4. The van der Waals surface area contributed by atoms with Gasteiger partial charge in [-0.25, -0.2) is 0 Å². The quantitative estimate of drug-likeness (QED) is 0.615. The third-order valence-electron chi connectivity index (χ3n) is 6.01. The van der Waals surface area contributed by atoms with Gasteiger partial charge in [-0.2, -0.15) is 8.42 Å². The predicted molar refractivity (Wildman–Crippen MR) is 127 cm³/mol. The van der Waals surface area contributed by atoms with Crippen LogP contribution in [0.5, 0.6) is 0 Å². The molecule has 2 unspecified atom stereocenters. The molecule has 2 aromatic rings. The second kappa shape index (κ2) is 9.24. The number of para-hydroxylation sites is 2. The molecule has 0 spiro atoms. The highest BCUT2D eigenvalue weighted by molar-refractivity contribution is 7.99. The van der Waals surface area contributed by atoms with Crippen LogP contribution in [0.25, 0.3) is 0 Å². The van der Waals surface area contributed by atoms with E-state index in [1.54, 1.807) is 11.8 Å². The number of rotatable bonds is 7. The molecule has 2 aliphatic rings. The molecule has 6 nitrogen and oxygen atoms in total. The van der Waals surface area contributed by atoms with Crippen LogP contribution in [0, 0.1) is 0 Å². The molecule has 2 atom stereocenters. The molecular formula is C23H29N3O3S2. The smallest absolute Gasteiger partial charge is 0.271 e. The first-order chi connectivity index (χ1) is 14.9. The van der Waals surface area contributed by atoms with Crippen molar-refractivity contribution in [3.63, 3.8) is 0 Å². The monoisotopic (exact) mass is 459 g/mol. The molecule has 0 saturated heterocycles. The highest BCUT2D eigenvalue weighted by Gasteiger charge is 2.40. The lowest BCUT2D eigenvalue weighted by Gasteiger charge is -2.44. The first-order valence-corrected chi connectivity index (χ1v) is 13.0. The van der Waals surface area contributed by atoms with Crippen molar-refractivity contribution in [2.45, 2.75) is 41.5 Å². The molecule has 31 heavy (non-hydrogen) atoms. The van der Waals surface area contributed by atoms with Gasteiger partial charge in [-0.3, -0.25) is 9.45 Å². The highest BCUT2D eigenvalue weighted by Crippen LogP contribution is 2.48. The van der Waals surface area contributed by atoms with Crippen LogP contribution in [0.3, 0.4) is 0 Å². The lowest BCUT2D eigenvalue weighted by molar-refractivity contribution is 0.0734. The van der Waals surface area contributed by atoms with E-state index in [1.807, 2.05) is 55.3 Å². The molecule has 4 rings (SSSR count). The number of hydrogen-bond acceptors (Lipinski definition) is 6. The Morgan fingerprint density at radius 1 is 1.03 bits per heavy atom. The molecule has 2 aromatic carbocycles. The van der Waals surface area contributed by atoms with E-state index < -0.39 is 15.4 Å². The normalized spacial score (nSPS) is 19.8. The van der Waals surface area contributed by atoms with Gasteiger partial charge in [0.15, 0.2) is 0 Å². The van der Waals surface area contributed by atoms with Gasteiger partial charge in [-0.05, 0) is 50.4 Å². The molecule has 166 valence electrons. The number of hydrogen-bond donors (Lipinski definition) is 1. The summed E-state index contributed by atoms with van der Waals surface area (Å²) in [7, 11) is -4.26. The van der Waals surface area contributed by atoms with Crippen molar-refractivity contribution in [3.8, 4) is 0 Å². The zero-order valence-corrected chi connectivity index (χ0v) is 19.5. The Morgan fingerprint density at radius 2 is 1.65 bits per heavy atom. The summed E-state index contributed by atoms with van der Waals surface area (Å²) in [5.41, 5.74) is 2.15. The summed E-state index contributed by atoms with van der Waals surface area (Å²) in [6, 6.07) is 16.4. The van der Waals surface area contributed by atoms with Gasteiger partial charge in [0.05, 0.1) is 11.4 Å². The van der Waals surface area contributed by atoms with Crippen molar-refractivity contribution in [2.24, 2.45) is 0 Å². The number of nitrogens with zero attached hydrogens (tertiary/aromatic N) is 3. The van der Waals surface area contributed by atoms with E-state index in [4.69, 9.17) is 0 Å². The fourth-order valence-electron chi connectivity index (χ4n) is 4.51. The summed E-state index contributed by atoms with van der Waals surface area (Å²) in [5.74, 6) is 0. The van der Waals surface area contributed by atoms with Crippen LogP contribution in [-0.2, 0) is 10.1 Å². The Bertz CT molecular complexity index is 1010. The Morgan fingerprint density at radius 3 is 2.19 bits per heavy atom. The Hall–Kier alpha value is -2.00. The van der Waals surface area contributed by atoms with E-state index >= 15 is 0 Å². The van der Waals surface area contributed by atoms with Crippen LogP contribution in [0.1, 0.15) is 20.3 Å². The molecule has 0 bridgehead atoms. The third-order valence-corrected chi connectivity index (χ3v) is 8.38. The molecule has 8 heteroatoms. The summed E-state index contributed by atoms with van der Waals surface area (Å²) in [4.78, 5) is 8.60. The fraction of sp³-hybridized carbons (Fsp3) is 0.391. The molecule has 0 aromatic heterocycles. The number of anilines is 2. The Balaban J connectivity index is 1.67. The number of fused-ring (bicyclic) bond motifs is 2. The molecule has 2 heterocycles. The van der Waals surface area contributed by atoms with E-state index in [9.17, 15) is 13.0 Å². The van der Waals surface area contributed by atoms with Crippen LogP contribution in [-0.4, -0.2) is 60.4 Å². The third kappa shape index (κ3) is 4.48. The SMILES string of the molecule is CCN1C=CCN(CC)C1C(CCN1c2ccccc2Sc2ccccc21)S(=O)(=O)O. The Kier molecular flexibility index (Phi) is 6.62. The topological polar surface area (TPSA) is 64.1 Å². The zero-order chi connectivity index (χ0) is 22.0. The standard InChI is InChI=1S/C23H29N3O3S2/c1-3-24-15-9-16-25(4-2)23(24)22(31(27,28)29)14-17-26-18-10-5-7-12-20(18)30-21-13-8-6-11-19(21)26/h5-13,15,22-23H,3-4,14,16-17H2,1-2H3,(H,27,28,29). The highest BCUT2D eigenvalue weighted by atomic mass is 32.2. The van der Waals surface area contributed by atoms with Crippen molar-refractivity contribution < 1.29 is 13.0 Å². The maximum atomic E-state index is 12.6. The first-order valence-electron chi connectivity index (χ1n) is 10.7. The minimum atomic E-state index is -4.26. The maximum Gasteiger partial charge on any atom is 0.271 e. The van der Waals surface area contributed by atoms with Crippen LogP contribution in [0.15, 0.2) is 70.6 Å². The molecule has 0 aliphatic carbocycles. The molecular weight excluding hydrogens is 430 g/mol. The average Bonchev–Trinajstić information content (AvgIpc) is 2.77. The average molecular weight is 460 g/mol. The van der Waals surface area contributed by atoms with Gasteiger partial charge in [0.1, 0.15) is 11.4 Å². The van der Waals surface area contributed by atoms with Crippen LogP contribution in [0.4, 0.5) is 11.4 Å². The van der Waals surface area contributed by atoms with Gasteiger partial charge in [0, 0.05) is 29.4 Å².